The van der Waals surface area contributed by atoms with Crippen LogP contribution in [0.3, 0.4) is 0 Å². The van der Waals surface area contributed by atoms with Gasteiger partial charge in [-0.25, -0.2) is 0 Å². The number of hydrogen-bond donors (Lipinski definition) is 1. The molecule has 2 aromatic carbocycles. The van der Waals surface area contributed by atoms with Gasteiger partial charge in [0.1, 0.15) is 0 Å². The maximum Gasteiger partial charge on any atom is 0.271 e. The van der Waals surface area contributed by atoms with Gasteiger partial charge in [-0.1, -0.05) is 6.07 Å². The van der Waals surface area contributed by atoms with Gasteiger partial charge in [-0.15, -0.1) is 5.10 Å². The first kappa shape index (κ1) is 23.6. The molecule has 9 nitrogen and oxygen atoms in total. The first-order chi connectivity index (χ1) is 15.8. The molecule has 33 heavy (non-hydrogen) atoms. The second-order valence-electron chi connectivity index (χ2n) is 7.35. The van der Waals surface area contributed by atoms with Crippen LogP contribution in [0.5, 0.6) is 23.1 Å². The van der Waals surface area contributed by atoms with E-state index in [1.54, 1.807) is 25.1 Å². The summed E-state index contributed by atoms with van der Waals surface area (Å²) in [5.74, 6) is 0.946. The highest BCUT2D eigenvalue weighted by atomic mass is 16.5. The van der Waals surface area contributed by atoms with Crippen LogP contribution in [0, 0.1) is 13.8 Å². The maximum atomic E-state index is 12.7. The molecule has 1 aromatic heterocycles. The number of ether oxygens (including phenoxy) is 4. The zero-order valence-corrected chi connectivity index (χ0v) is 19.5. The lowest BCUT2D eigenvalue weighted by atomic mass is 10.1. The second-order valence-corrected chi connectivity index (χ2v) is 7.35. The van der Waals surface area contributed by atoms with Gasteiger partial charge in [0.15, 0.2) is 17.6 Å². The van der Waals surface area contributed by atoms with Crippen LogP contribution >= 0.6 is 0 Å². The fourth-order valence-electron chi connectivity index (χ4n) is 3.13. The number of amides is 1. The van der Waals surface area contributed by atoms with E-state index in [2.05, 4.69) is 10.4 Å². The first-order valence-electron chi connectivity index (χ1n) is 10.2. The minimum absolute atomic E-state index is 0.139. The Morgan fingerprint density at radius 3 is 2.18 bits per heavy atom. The molecule has 1 amide bonds. The molecule has 1 unspecified atom stereocenters. The third-order valence-corrected chi connectivity index (χ3v) is 5.11. The molecule has 0 saturated carbocycles. The van der Waals surface area contributed by atoms with Gasteiger partial charge in [0.05, 0.1) is 27.0 Å². The van der Waals surface area contributed by atoms with E-state index in [9.17, 15) is 9.59 Å². The summed E-state index contributed by atoms with van der Waals surface area (Å²) in [6.07, 6.45) is -0.901. The van der Waals surface area contributed by atoms with E-state index >= 15 is 0 Å². The van der Waals surface area contributed by atoms with Gasteiger partial charge in [-0.2, -0.15) is 4.68 Å². The minimum atomic E-state index is -0.901. The minimum Gasteiger partial charge on any atom is -0.493 e. The molecule has 0 aliphatic heterocycles. The summed E-state index contributed by atoms with van der Waals surface area (Å²) in [5, 5.41) is 7.02. The lowest BCUT2D eigenvalue weighted by molar-refractivity contribution is -0.122. The quantitative estimate of drug-likeness (QED) is 0.559. The van der Waals surface area contributed by atoms with Crippen molar-refractivity contribution in [1.29, 1.82) is 0 Å². The van der Waals surface area contributed by atoms with Crippen molar-refractivity contribution in [2.24, 2.45) is 0 Å². The Morgan fingerprint density at radius 2 is 1.61 bits per heavy atom. The largest absolute Gasteiger partial charge is 0.493 e. The highest BCUT2D eigenvalue weighted by Crippen LogP contribution is 2.39. The predicted molar refractivity (Wildman–Crippen MR) is 124 cm³/mol. The van der Waals surface area contributed by atoms with Gasteiger partial charge in [0, 0.05) is 30.0 Å². The highest BCUT2D eigenvalue weighted by molar-refractivity contribution is 5.94. The Hall–Kier alpha value is -4.01. The molecule has 3 rings (SSSR count). The van der Waals surface area contributed by atoms with E-state index < -0.39 is 12.0 Å². The number of methoxy groups -OCH3 is 3. The maximum absolute atomic E-state index is 12.7. The van der Waals surface area contributed by atoms with Crippen LogP contribution in [0.1, 0.15) is 18.1 Å². The number of nitrogens with zero attached hydrogens (tertiary/aromatic N) is 2. The number of aryl methyl sites for hydroxylation is 2. The predicted octanol–water partition coefficient (Wildman–Crippen LogP) is 3.28. The lowest BCUT2D eigenvalue weighted by Gasteiger charge is -2.17. The monoisotopic (exact) mass is 453 g/mol. The van der Waals surface area contributed by atoms with Crippen molar-refractivity contribution in [2.75, 3.05) is 26.6 Å². The molecule has 1 heterocycles. The number of nitrogens with one attached hydrogen (secondary N) is 1. The Morgan fingerprint density at radius 1 is 0.939 bits per heavy atom. The van der Waals surface area contributed by atoms with Crippen molar-refractivity contribution in [2.45, 2.75) is 26.9 Å². The molecule has 0 fully saturated rings. The van der Waals surface area contributed by atoms with Gasteiger partial charge in [0.2, 0.25) is 11.6 Å². The fraction of sp³-hybridized carbons (Fsp3) is 0.292. The third kappa shape index (κ3) is 5.25. The molecule has 0 aliphatic carbocycles. The van der Waals surface area contributed by atoms with Crippen LogP contribution in [-0.2, 0) is 4.79 Å². The van der Waals surface area contributed by atoms with Gasteiger partial charge >= 0.3 is 0 Å². The molecule has 0 radical (unpaired) electrons. The standard InChI is InChI=1S/C24H27N3O6/c1-14-7-8-18(11-15(14)2)27-22(28)10-9-21(26-27)33-16(3)24(29)25-17-12-19(30-4)23(32-6)20(13-17)31-5/h7-13,16H,1-6H3,(H,25,29). The van der Waals surface area contributed by atoms with Crippen molar-refractivity contribution in [1.82, 2.24) is 9.78 Å². The van der Waals surface area contributed by atoms with Gasteiger partial charge < -0.3 is 24.3 Å². The van der Waals surface area contributed by atoms with Crippen LogP contribution in [0.25, 0.3) is 5.69 Å². The number of aromatic nitrogens is 2. The Labute approximate surface area is 191 Å². The number of anilines is 1. The summed E-state index contributed by atoms with van der Waals surface area (Å²) in [6.45, 7) is 5.53. The normalized spacial score (nSPS) is 11.5. The highest BCUT2D eigenvalue weighted by Gasteiger charge is 2.19. The SMILES string of the molecule is COc1cc(NC(=O)C(C)Oc2ccc(=O)n(-c3ccc(C)c(C)c3)n2)cc(OC)c1OC. The van der Waals surface area contributed by atoms with Crippen molar-refractivity contribution in [3.05, 3.63) is 63.9 Å². The van der Waals surface area contributed by atoms with E-state index in [-0.39, 0.29) is 11.4 Å². The molecule has 1 atom stereocenters. The lowest BCUT2D eigenvalue weighted by Crippen LogP contribution is -2.31. The number of carbonyl (C=O) groups is 1. The van der Waals surface area contributed by atoms with Crippen molar-refractivity contribution >= 4 is 11.6 Å². The van der Waals surface area contributed by atoms with E-state index in [1.807, 2.05) is 26.0 Å². The summed E-state index contributed by atoms with van der Waals surface area (Å²) in [4.78, 5) is 25.1. The summed E-state index contributed by atoms with van der Waals surface area (Å²) in [6, 6.07) is 11.6. The van der Waals surface area contributed by atoms with E-state index in [4.69, 9.17) is 18.9 Å². The van der Waals surface area contributed by atoms with Crippen molar-refractivity contribution in [3.63, 3.8) is 0 Å². The molecule has 0 bridgehead atoms. The summed E-state index contributed by atoms with van der Waals surface area (Å²) in [5.41, 5.74) is 2.89. The van der Waals surface area contributed by atoms with Crippen molar-refractivity contribution in [3.8, 4) is 28.8 Å². The Balaban J connectivity index is 1.79. The second kappa shape index (κ2) is 10.1. The van der Waals surface area contributed by atoms with E-state index in [0.29, 0.717) is 28.6 Å². The average Bonchev–Trinajstić information content (AvgIpc) is 2.81. The van der Waals surface area contributed by atoms with Gasteiger partial charge in [0.25, 0.3) is 11.5 Å². The Bertz CT molecular complexity index is 1200. The molecule has 3 aromatic rings. The number of hydrogen-bond acceptors (Lipinski definition) is 7. The molecular formula is C24H27N3O6. The molecular weight excluding hydrogens is 426 g/mol. The van der Waals surface area contributed by atoms with Crippen molar-refractivity contribution < 1.29 is 23.7 Å². The van der Waals surface area contributed by atoms with Gasteiger partial charge in [-0.05, 0) is 44.0 Å². The Kier molecular flexibility index (Phi) is 7.22. The number of benzene rings is 2. The molecule has 1 N–H and O–H groups in total. The van der Waals surface area contributed by atoms with Crippen LogP contribution in [-0.4, -0.2) is 43.1 Å². The van der Waals surface area contributed by atoms with Crippen LogP contribution in [0.4, 0.5) is 5.69 Å². The smallest absolute Gasteiger partial charge is 0.271 e. The first-order valence-corrected chi connectivity index (χ1v) is 10.2. The summed E-state index contributed by atoms with van der Waals surface area (Å²) >= 11 is 0. The van der Waals surface area contributed by atoms with Gasteiger partial charge in [-0.3, -0.25) is 9.59 Å². The zero-order valence-electron chi connectivity index (χ0n) is 19.5. The topological polar surface area (TPSA) is 101 Å². The van der Waals surface area contributed by atoms with E-state index in [1.165, 1.54) is 38.1 Å². The molecule has 174 valence electrons. The molecule has 0 saturated heterocycles. The molecule has 9 heteroatoms. The van der Waals surface area contributed by atoms with Crippen LogP contribution < -0.4 is 29.8 Å². The fourth-order valence-corrected chi connectivity index (χ4v) is 3.13. The summed E-state index contributed by atoms with van der Waals surface area (Å²) in [7, 11) is 4.48. The van der Waals surface area contributed by atoms with E-state index in [0.717, 1.165) is 11.1 Å². The van der Waals surface area contributed by atoms with Crippen LogP contribution in [0.2, 0.25) is 0 Å². The zero-order chi connectivity index (χ0) is 24.1. The summed E-state index contributed by atoms with van der Waals surface area (Å²) < 4.78 is 22.9. The van der Waals surface area contributed by atoms with Crippen LogP contribution in [0.15, 0.2) is 47.3 Å². The third-order valence-electron chi connectivity index (χ3n) is 5.11. The molecule has 0 aliphatic rings. The average molecular weight is 453 g/mol. The number of rotatable bonds is 8. The molecule has 0 spiro atoms. The number of carbonyl (C=O) groups excluding carboxylic acids is 1.